The minimum absolute atomic E-state index is 0.312. The SMILES string of the molecule is CC(C)CC(N)C(=O)NS(=O)c1ccc2cnccc2c1. The van der Waals surface area contributed by atoms with E-state index in [2.05, 4.69) is 9.71 Å². The summed E-state index contributed by atoms with van der Waals surface area (Å²) in [6.45, 7) is 3.98. The summed E-state index contributed by atoms with van der Waals surface area (Å²) < 4.78 is 14.7. The number of hydrogen-bond donors (Lipinski definition) is 2. The molecule has 5 nitrogen and oxygen atoms in total. The van der Waals surface area contributed by atoms with Gasteiger partial charge in [-0.2, -0.15) is 0 Å². The molecule has 2 unspecified atom stereocenters. The quantitative estimate of drug-likeness (QED) is 0.881. The first kappa shape index (κ1) is 15.6. The molecular formula is C15H19N3O2S. The highest BCUT2D eigenvalue weighted by molar-refractivity contribution is 7.83. The van der Waals surface area contributed by atoms with Crippen molar-refractivity contribution in [2.45, 2.75) is 31.2 Å². The lowest BCUT2D eigenvalue weighted by atomic mass is 10.0. The van der Waals surface area contributed by atoms with Crippen molar-refractivity contribution < 1.29 is 9.00 Å². The van der Waals surface area contributed by atoms with E-state index in [0.29, 0.717) is 17.2 Å². The highest BCUT2D eigenvalue weighted by Crippen LogP contribution is 2.16. The van der Waals surface area contributed by atoms with Crippen LogP contribution in [0.4, 0.5) is 0 Å². The van der Waals surface area contributed by atoms with E-state index in [1.807, 2.05) is 26.0 Å². The van der Waals surface area contributed by atoms with Crippen LogP contribution in [-0.4, -0.2) is 21.1 Å². The Morgan fingerprint density at radius 1 is 1.33 bits per heavy atom. The summed E-state index contributed by atoms with van der Waals surface area (Å²) in [5, 5.41) is 1.89. The smallest absolute Gasteiger partial charge is 0.248 e. The van der Waals surface area contributed by atoms with Gasteiger partial charge in [0, 0.05) is 17.8 Å². The zero-order valence-corrected chi connectivity index (χ0v) is 12.9. The number of carbonyl (C=O) groups is 1. The highest BCUT2D eigenvalue weighted by atomic mass is 32.2. The van der Waals surface area contributed by atoms with Gasteiger partial charge in [-0.3, -0.25) is 14.5 Å². The van der Waals surface area contributed by atoms with E-state index >= 15 is 0 Å². The molecule has 0 saturated carbocycles. The number of fused-ring (bicyclic) bond motifs is 1. The summed E-state index contributed by atoms with van der Waals surface area (Å²) in [4.78, 5) is 16.5. The Labute approximate surface area is 126 Å². The maximum atomic E-state index is 12.2. The molecule has 1 amide bonds. The molecule has 21 heavy (non-hydrogen) atoms. The van der Waals surface area contributed by atoms with Gasteiger partial charge in [0.2, 0.25) is 5.91 Å². The molecular weight excluding hydrogens is 286 g/mol. The highest BCUT2D eigenvalue weighted by Gasteiger charge is 2.17. The fourth-order valence-corrected chi connectivity index (χ4v) is 2.90. The third-order valence-electron chi connectivity index (χ3n) is 3.08. The van der Waals surface area contributed by atoms with Gasteiger partial charge >= 0.3 is 0 Å². The summed E-state index contributed by atoms with van der Waals surface area (Å²) in [5.41, 5.74) is 5.78. The Kier molecular flexibility index (Phi) is 5.03. The monoisotopic (exact) mass is 305 g/mol. The molecule has 6 heteroatoms. The van der Waals surface area contributed by atoms with Crippen molar-refractivity contribution >= 4 is 27.7 Å². The summed E-state index contributed by atoms with van der Waals surface area (Å²) in [7, 11) is -1.60. The van der Waals surface area contributed by atoms with Gasteiger partial charge in [0.05, 0.1) is 10.9 Å². The van der Waals surface area contributed by atoms with E-state index in [4.69, 9.17) is 5.73 Å². The van der Waals surface area contributed by atoms with Gasteiger partial charge in [-0.25, -0.2) is 4.21 Å². The molecule has 112 valence electrons. The zero-order valence-electron chi connectivity index (χ0n) is 12.1. The molecule has 0 bridgehead atoms. The molecule has 0 radical (unpaired) electrons. The first-order valence-electron chi connectivity index (χ1n) is 6.79. The average molecular weight is 305 g/mol. The molecule has 2 aromatic rings. The molecule has 1 heterocycles. The maximum Gasteiger partial charge on any atom is 0.248 e. The Bertz CT molecular complexity index is 673. The summed E-state index contributed by atoms with van der Waals surface area (Å²) in [6, 6.07) is 6.52. The molecule has 0 fully saturated rings. The molecule has 0 aliphatic carbocycles. The second kappa shape index (κ2) is 6.78. The van der Waals surface area contributed by atoms with Crippen LogP contribution in [0.15, 0.2) is 41.6 Å². The number of hydrogen-bond acceptors (Lipinski definition) is 4. The van der Waals surface area contributed by atoms with E-state index in [1.165, 1.54) is 0 Å². The lowest BCUT2D eigenvalue weighted by Gasteiger charge is -2.13. The van der Waals surface area contributed by atoms with Gasteiger partial charge in [0.15, 0.2) is 11.0 Å². The van der Waals surface area contributed by atoms with E-state index in [0.717, 1.165) is 10.8 Å². The van der Waals surface area contributed by atoms with Gasteiger partial charge < -0.3 is 5.73 Å². The molecule has 3 N–H and O–H groups in total. The Balaban J connectivity index is 2.09. The molecule has 1 aromatic heterocycles. The minimum Gasteiger partial charge on any atom is -0.320 e. The predicted octanol–water partition coefficient (Wildman–Crippen LogP) is 1.75. The Morgan fingerprint density at radius 3 is 2.81 bits per heavy atom. The molecule has 0 aliphatic rings. The molecule has 1 aromatic carbocycles. The lowest BCUT2D eigenvalue weighted by Crippen LogP contribution is -2.42. The van der Waals surface area contributed by atoms with Crippen molar-refractivity contribution in [1.82, 2.24) is 9.71 Å². The zero-order chi connectivity index (χ0) is 15.4. The molecule has 2 rings (SSSR count). The Morgan fingerprint density at radius 2 is 2.10 bits per heavy atom. The second-order valence-corrected chi connectivity index (χ2v) is 6.57. The third kappa shape index (κ3) is 4.09. The van der Waals surface area contributed by atoms with Crippen molar-refractivity contribution in [3.63, 3.8) is 0 Å². The molecule has 0 saturated heterocycles. The maximum absolute atomic E-state index is 12.2. The Hall–Kier alpha value is -1.79. The standard InChI is InChI=1S/C15H19N3O2S/c1-10(2)7-14(16)15(19)18-21(20)13-4-3-12-9-17-6-5-11(12)8-13/h3-6,8-10,14H,7,16H2,1-2H3,(H,18,19). The molecule has 0 aliphatic heterocycles. The summed E-state index contributed by atoms with van der Waals surface area (Å²) in [5.74, 6) is -0.0794. The van der Waals surface area contributed by atoms with E-state index in [1.54, 1.807) is 24.5 Å². The van der Waals surface area contributed by atoms with Crippen LogP contribution in [0.2, 0.25) is 0 Å². The van der Waals surface area contributed by atoms with Crippen LogP contribution in [0.25, 0.3) is 10.8 Å². The van der Waals surface area contributed by atoms with Crippen LogP contribution >= 0.6 is 0 Å². The van der Waals surface area contributed by atoms with Crippen LogP contribution < -0.4 is 10.5 Å². The lowest BCUT2D eigenvalue weighted by molar-refractivity contribution is -0.120. The largest absolute Gasteiger partial charge is 0.320 e. The van der Waals surface area contributed by atoms with Crippen LogP contribution in [0.1, 0.15) is 20.3 Å². The van der Waals surface area contributed by atoms with E-state index < -0.39 is 22.9 Å². The fraction of sp³-hybridized carbons (Fsp3) is 0.333. The van der Waals surface area contributed by atoms with E-state index in [-0.39, 0.29) is 0 Å². The van der Waals surface area contributed by atoms with Crippen molar-refractivity contribution in [2.75, 3.05) is 0 Å². The third-order valence-corrected chi connectivity index (χ3v) is 4.15. The van der Waals surface area contributed by atoms with E-state index in [9.17, 15) is 9.00 Å². The number of nitrogens with two attached hydrogens (primary N) is 1. The van der Waals surface area contributed by atoms with Crippen LogP contribution in [0.3, 0.4) is 0 Å². The van der Waals surface area contributed by atoms with Crippen LogP contribution in [0, 0.1) is 5.92 Å². The minimum atomic E-state index is -1.60. The predicted molar refractivity (Wildman–Crippen MR) is 83.7 cm³/mol. The number of nitrogens with one attached hydrogen (secondary N) is 1. The number of amides is 1. The number of aromatic nitrogens is 1. The first-order valence-corrected chi connectivity index (χ1v) is 7.94. The molecule has 2 atom stereocenters. The van der Waals surface area contributed by atoms with Gasteiger partial charge in [0.1, 0.15) is 0 Å². The van der Waals surface area contributed by atoms with Crippen molar-refractivity contribution in [3.05, 3.63) is 36.7 Å². The van der Waals surface area contributed by atoms with Crippen molar-refractivity contribution in [2.24, 2.45) is 11.7 Å². The van der Waals surface area contributed by atoms with Gasteiger partial charge in [0.25, 0.3) is 0 Å². The van der Waals surface area contributed by atoms with Gasteiger partial charge in [-0.15, -0.1) is 0 Å². The molecule has 0 spiro atoms. The number of nitrogens with zero attached hydrogens (tertiary/aromatic N) is 1. The average Bonchev–Trinajstić information content (AvgIpc) is 2.45. The fourth-order valence-electron chi connectivity index (χ4n) is 2.02. The number of benzene rings is 1. The van der Waals surface area contributed by atoms with Gasteiger partial charge in [-0.1, -0.05) is 19.9 Å². The normalized spacial score (nSPS) is 14.1. The summed E-state index contributed by atoms with van der Waals surface area (Å²) in [6.07, 6.45) is 3.97. The number of pyridine rings is 1. The number of carbonyl (C=O) groups excluding carboxylic acids is 1. The number of rotatable bonds is 5. The topological polar surface area (TPSA) is 85.1 Å². The van der Waals surface area contributed by atoms with Crippen LogP contribution in [-0.2, 0) is 15.8 Å². The second-order valence-electron chi connectivity index (χ2n) is 5.36. The van der Waals surface area contributed by atoms with Crippen molar-refractivity contribution in [1.29, 1.82) is 0 Å². The van der Waals surface area contributed by atoms with Crippen LogP contribution in [0.5, 0.6) is 0 Å². The first-order chi connectivity index (χ1) is 9.97. The van der Waals surface area contributed by atoms with Crippen molar-refractivity contribution in [3.8, 4) is 0 Å². The summed E-state index contributed by atoms with van der Waals surface area (Å²) >= 11 is 0. The van der Waals surface area contributed by atoms with Gasteiger partial charge in [-0.05, 0) is 35.9 Å².